The third kappa shape index (κ3) is 6.14. The Morgan fingerprint density at radius 3 is 2.13 bits per heavy atom. The number of anilines is 1. The highest BCUT2D eigenvalue weighted by Crippen LogP contribution is 2.48. The van der Waals surface area contributed by atoms with Gasteiger partial charge in [-0.2, -0.15) is 0 Å². The molecule has 1 amide bonds. The molecule has 1 unspecified atom stereocenters. The minimum Gasteiger partial charge on any atom is -0.496 e. The van der Waals surface area contributed by atoms with Crippen molar-refractivity contribution in [3.05, 3.63) is 74.1 Å². The largest absolute Gasteiger partial charge is 0.496 e. The first-order valence-electron chi connectivity index (χ1n) is 17.2. The normalized spacial score (nSPS) is 19.1. The fraction of sp³-hybridized carbons (Fsp3) is 0.459. The minimum atomic E-state index is -2.29. The fourth-order valence-electron chi connectivity index (χ4n) is 7.79. The lowest BCUT2D eigenvalue weighted by Gasteiger charge is -2.58. The van der Waals surface area contributed by atoms with Gasteiger partial charge in [-0.05, 0) is 49.3 Å². The molecule has 1 aliphatic rings. The lowest BCUT2D eigenvalue weighted by molar-refractivity contribution is -0.385. The highest BCUT2D eigenvalue weighted by atomic mass is 19.1. The number of nitrogens with zero attached hydrogens (tertiary/aromatic N) is 7. The Balaban J connectivity index is 2.11. The fourth-order valence-corrected chi connectivity index (χ4v) is 7.79. The first-order chi connectivity index (χ1) is 25.1. The number of piperazine rings is 1. The van der Waals surface area contributed by atoms with E-state index in [0.717, 1.165) is 26.5 Å². The maximum absolute atomic E-state index is 16.7. The quantitative estimate of drug-likeness (QED) is 0.143. The molecule has 0 bridgehead atoms. The van der Waals surface area contributed by atoms with Crippen LogP contribution in [0.2, 0.25) is 0 Å². The second kappa shape index (κ2) is 13.9. The second-order valence-electron chi connectivity index (χ2n) is 15.3. The highest BCUT2D eigenvalue weighted by molar-refractivity contribution is 6.00. The van der Waals surface area contributed by atoms with Gasteiger partial charge < -0.3 is 19.8 Å². The van der Waals surface area contributed by atoms with Gasteiger partial charge in [0.15, 0.2) is 17.0 Å². The van der Waals surface area contributed by atoms with Gasteiger partial charge in [0, 0.05) is 6.54 Å². The van der Waals surface area contributed by atoms with Gasteiger partial charge in [-0.3, -0.25) is 24.4 Å². The summed E-state index contributed by atoms with van der Waals surface area (Å²) in [6.07, 6.45) is -0.131. The summed E-state index contributed by atoms with van der Waals surface area (Å²) in [5.74, 6) is -4.54. The van der Waals surface area contributed by atoms with Crippen LogP contribution in [0.5, 0.6) is 5.75 Å². The van der Waals surface area contributed by atoms with Crippen molar-refractivity contribution in [1.29, 1.82) is 0 Å². The van der Waals surface area contributed by atoms with Crippen molar-refractivity contribution in [3.8, 4) is 22.7 Å². The lowest BCUT2D eigenvalue weighted by Crippen LogP contribution is -2.76. The van der Waals surface area contributed by atoms with Gasteiger partial charge in [0.2, 0.25) is 0 Å². The number of fused-ring (bicyclic) bond motifs is 1. The summed E-state index contributed by atoms with van der Waals surface area (Å²) in [5, 5.41) is 34.3. The molecule has 5 rings (SSSR count). The number of benzene rings is 1. The Morgan fingerprint density at radius 1 is 1.06 bits per heavy atom. The number of carbonyl (C=O) groups is 2. The van der Waals surface area contributed by atoms with Crippen molar-refractivity contribution in [2.75, 3.05) is 18.6 Å². The van der Waals surface area contributed by atoms with E-state index in [1.54, 1.807) is 48.5 Å². The van der Waals surface area contributed by atoms with Gasteiger partial charge in [-0.1, -0.05) is 54.5 Å². The summed E-state index contributed by atoms with van der Waals surface area (Å²) >= 11 is 0. The Bertz CT molecular complexity index is 2230. The zero-order valence-corrected chi connectivity index (χ0v) is 31.6. The molecule has 15 nitrogen and oxygen atoms in total. The monoisotopic (exact) mass is 751 g/mol. The maximum Gasteiger partial charge on any atom is 0.407 e. The van der Waals surface area contributed by atoms with Crippen LogP contribution in [0.4, 0.5) is 25.0 Å². The van der Waals surface area contributed by atoms with E-state index in [4.69, 9.17) is 4.74 Å². The van der Waals surface area contributed by atoms with Gasteiger partial charge in [0.1, 0.15) is 29.3 Å². The number of rotatable bonds is 8. The van der Waals surface area contributed by atoms with E-state index in [-0.39, 0.29) is 28.7 Å². The molecule has 0 spiro atoms. The molecule has 4 aromatic rings. The van der Waals surface area contributed by atoms with Gasteiger partial charge in [-0.15, -0.1) is 0 Å². The van der Waals surface area contributed by atoms with Crippen molar-refractivity contribution < 1.29 is 38.2 Å². The van der Waals surface area contributed by atoms with Gasteiger partial charge in [0.25, 0.3) is 0 Å². The summed E-state index contributed by atoms with van der Waals surface area (Å²) in [6.45, 7) is 14.3. The van der Waals surface area contributed by atoms with Crippen LogP contribution in [0.25, 0.3) is 28.0 Å². The van der Waals surface area contributed by atoms with Crippen LogP contribution in [-0.4, -0.2) is 82.9 Å². The summed E-state index contributed by atoms with van der Waals surface area (Å²) in [5.41, 5.74) is -7.15. The number of pyridine rings is 2. The molecule has 1 fully saturated rings. The van der Waals surface area contributed by atoms with E-state index >= 15 is 13.6 Å². The number of nitro groups is 1. The van der Waals surface area contributed by atoms with Crippen molar-refractivity contribution in [3.63, 3.8) is 0 Å². The molecule has 0 saturated carbocycles. The van der Waals surface area contributed by atoms with Crippen LogP contribution in [0.15, 0.2) is 35.4 Å². The molecule has 17 heteroatoms. The van der Waals surface area contributed by atoms with E-state index in [0.29, 0.717) is 11.4 Å². The minimum absolute atomic E-state index is 0.0373. The SMILES string of the molecule is COc1cccc(F)c1-c1nc2c(cc1F)c(N1C[C@@H](C)N(C(=O)O)C(C(C)(C)C)[C@]1(C)C(=O)O)c([N+](=O)[O-])c(=O)n2-c1c(C(C)C)ncnc1C(C)C. The smallest absolute Gasteiger partial charge is 0.407 e. The number of carboxylic acids is 1. The molecule has 1 saturated heterocycles. The van der Waals surface area contributed by atoms with E-state index in [2.05, 4.69) is 15.0 Å². The molecule has 1 aliphatic heterocycles. The van der Waals surface area contributed by atoms with Crippen LogP contribution in [0.1, 0.15) is 85.5 Å². The van der Waals surface area contributed by atoms with Gasteiger partial charge >= 0.3 is 23.3 Å². The van der Waals surface area contributed by atoms with E-state index in [9.17, 15) is 29.9 Å². The first-order valence-corrected chi connectivity index (χ1v) is 17.2. The molecule has 2 N–H and O–H groups in total. The second-order valence-corrected chi connectivity index (χ2v) is 15.3. The Labute approximate surface area is 309 Å². The molecule has 1 aromatic carbocycles. The number of amides is 1. The topological polar surface area (TPSA) is 194 Å². The standard InChI is InChI=1S/C37H43F2N7O8/c1-17(2)25-29(26(18(3)4)41-16-40-25)45-31-20(14-22(39)27(42-31)24-21(38)12-11-13-23(24)54-10)28(30(32(45)47)46(52)53)43-15-19(5)44(35(50)51)33(36(6,7)8)37(43,9)34(48)49/h11-14,16-19,33H,15H2,1-10H3,(H,48,49)(H,50,51)/t19-,33?,37-/m1/s1. The number of aromatic nitrogens is 4. The van der Waals surface area contributed by atoms with E-state index in [1.807, 2.05) is 0 Å². The average molecular weight is 752 g/mol. The van der Waals surface area contributed by atoms with Crippen LogP contribution in [0.3, 0.4) is 0 Å². The number of carboxylic acid groups (broad SMARTS) is 2. The molecule has 3 atom stereocenters. The number of halogens is 2. The Morgan fingerprint density at radius 2 is 1.65 bits per heavy atom. The molecule has 3 aromatic heterocycles. The third-order valence-electron chi connectivity index (χ3n) is 9.90. The molecular formula is C37H43F2N7O8. The van der Waals surface area contributed by atoms with E-state index in [1.165, 1.54) is 39.4 Å². The van der Waals surface area contributed by atoms with Crippen LogP contribution < -0.4 is 15.2 Å². The number of hydrogen-bond donors (Lipinski definition) is 2. The highest BCUT2D eigenvalue weighted by Gasteiger charge is 2.61. The average Bonchev–Trinajstić information content (AvgIpc) is 3.07. The maximum atomic E-state index is 16.7. The van der Waals surface area contributed by atoms with Gasteiger partial charge in [0.05, 0.1) is 52.1 Å². The molecular weight excluding hydrogens is 708 g/mol. The van der Waals surface area contributed by atoms with E-state index < -0.39 is 92.0 Å². The van der Waals surface area contributed by atoms with Crippen molar-refractivity contribution >= 4 is 34.5 Å². The summed E-state index contributed by atoms with van der Waals surface area (Å²) in [4.78, 5) is 69.1. The number of hydrogen-bond acceptors (Lipinski definition) is 10. The summed E-state index contributed by atoms with van der Waals surface area (Å²) in [6, 6.07) is 2.27. The van der Waals surface area contributed by atoms with Crippen LogP contribution in [-0.2, 0) is 4.79 Å². The number of aliphatic carboxylic acids is 1. The van der Waals surface area contributed by atoms with Crippen molar-refractivity contribution in [1.82, 2.24) is 24.4 Å². The number of ether oxygens (including phenoxy) is 1. The predicted octanol–water partition coefficient (Wildman–Crippen LogP) is 6.73. The zero-order valence-electron chi connectivity index (χ0n) is 31.6. The first kappa shape index (κ1) is 39.5. The summed E-state index contributed by atoms with van der Waals surface area (Å²) < 4.78 is 38.5. The molecule has 0 aliphatic carbocycles. The molecule has 0 radical (unpaired) electrons. The molecule has 4 heterocycles. The molecule has 288 valence electrons. The molecule has 54 heavy (non-hydrogen) atoms. The predicted molar refractivity (Wildman–Crippen MR) is 196 cm³/mol. The summed E-state index contributed by atoms with van der Waals surface area (Å²) in [7, 11) is 1.25. The van der Waals surface area contributed by atoms with Gasteiger partial charge in [-0.25, -0.2) is 33.3 Å². The lowest BCUT2D eigenvalue weighted by atomic mass is 9.70. The third-order valence-corrected chi connectivity index (χ3v) is 9.90. The Hall–Kier alpha value is -5.74. The van der Waals surface area contributed by atoms with Crippen molar-refractivity contribution in [2.24, 2.45) is 5.41 Å². The van der Waals surface area contributed by atoms with Crippen LogP contribution >= 0.6 is 0 Å². The Kier molecular flexibility index (Phi) is 10.2. The number of methoxy groups -OCH3 is 1. The van der Waals surface area contributed by atoms with Crippen LogP contribution in [0, 0.1) is 27.2 Å². The zero-order chi connectivity index (χ0) is 40.4. The van der Waals surface area contributed by atoms with Crippen molar-refractivity contribution in [2.45, 2.75) is 91.8 Å².